The summed E-state index contributed by atoms with van der Waals surface area (Å²) in [5.74, 6) is 0. The molecule has 0 unspecified atom stereocenters. The third kappa shape index (κ3) is 3.59. The maximum atomic E-state index is 13.5. The lowest BCUT2D eigenvalue weighted by Crippen LogP contribution is -2.21. The molecule has 2 aromatic carbocycles. The van der Waals surface area contributed by atoms with Crippen molar-refractivity contribution in [2.75, 3.05) is 0 Å². The summed E-state index contributed by atoms with van der Waals surface area (Å²) in [4.78, 5) is 20.6. The second kappa shape index (κ2) is 7.28. The molecule has 2 heterocycles. The minimum atomic E-state index is -4.49. The molecule has 0 spiro atoms. The molecule has 0 amide bonds. The van der Waals surface area contributed by atoms with Crippen LogP contribution in [-0.4, -0.2) is 19.3 Å². The number of hydrogen-bond acceptors (Lipinski definition) is 3. The van der Waals surface area contributed by atoms with Gasteiger partial charge in [-0.15, -0.1) is 0 Å². The van der Waals surface area contributed by atoms with Crippen LogP contribution in [0.3, 0.4) is 0 Å². The third-order valence-corrected chi connectivity index (χ3v) is 5.20. The van der Waals surface area contributed by atoms with E-state index in [1.54, 1.807) is 42.2 Å². The smallest absolute Gasteiger partial charge is 0.278 e. The quantitative estimate of drug-likeness (QED) is 0.436. The molecule has 0 fully saturated rings. The first-order chi connectivity index (χ1) is 14.1. The molecular formula is C21H16ClF3N4O. The predicted molar refractivity (Wildman–Crippen MR) is 108 cm³/mol. The van der Waals surface area contributed by atoms with E-state index in [2.05, 4.69) is 9.97 Å². The molecule has 9 heteroatoms. The van der Waals surface area contributed by atoms with Crippen LogP contribution in [0.4, 0.5) is 13.2 Å². The van der Waals surface area contributed by atoms with Crippen molar-refractivity contribution in [1.29, 1.82) is 0 Å². The van der Waals surface area contributed by atoms with E-state index in [1.807, 2.05) is 0 Å². The van der Waals surface area contributed by atoms with Crippen molar-refractivity contribution in [2.24, 2.45) is 7.05 Å². The van der Waals surface area contributed by atoms with E-state index < -0.39 is 11.7 Å². The van der Waals surface area contributed by atoms with Crippen molar-refractivity contribution in [3.63, 3.8) is 0 Å². The van der Waals surface area contributed by atoms with Gasteiger partial charge in [-0.3, -0.25) is 14.2 Å². The molecule has 30 heavy (non-hydrogen) atoms. The van der Waals surface area contributed by atoms with Gasteiger partial charge in [0.05, 0.1) is 23.0 Å². The lowest BCUT2D eigenvalue weighted by Gasteiger charge is -2.16. The zero-order chi connectivity index (χ0) is 21.6. The Bertz CT molecular complexity index is 1310. The molecule has 0 aliphatic heterocycles. The van der Waals surface area contributed by atoms with Crippen molar-refractivity contribution in [3.8, 4) is 11.1 Å². The summed E-state index contributed by atoms with van der Waals surface area (Å²) in [7, 11) is 1.54. The second-order valence-corrected chi connectivity index (χ2v) is 7.36. The van der Waals surface area contributed by atoms with Crippen LogP contribution in [-0.2, 0) is 19.8 Å². The topological polar surface area (TPSA) is 52.7 Å². The first kappa shape index (κ1) is 20.2. The van der Waals surface area contributed by atoms with E-state index in [9.17, 15) is 18.0 Å². The maximum absolute atomic E-state index is 13.5. The average Bonchev–Trinajstić information content (AvgIpc) is 2.92. The lowest BCUT2D eigenvalue weighted by atomic mass is 10.0. The van der Waals surface area contributed by atoms with Gasteiger partial charge in [-0.2, -0.15) is 13.2 Å². The Morgan fingerprint density at radius 2 is 1.73 bits per heavy atom. The van der Waals surface area contributed by atoms with Gasteiger partial charge in [-0.1, -0.05) is 23.8 Å². The highest BCUT2D eigenvalue weighted by Gasteiger charge is 2.33. The molecule has 0 radical (unpaired) electrons. The summed E-state index contributed by atoms with van der Waals surface area (Å²) in [6.07, 6.45) is -1.40. The molecule has 0 bridgehead atoms. The molecule has 0 aliphatic rings. The highest BCUT2D eigenvalue weighted by atomic mass is 35.5. The summed E-state index contributed by atoms with van der Waals surface area (Å²) in [6, 6.07) is 9.14. The molecule has 2 aromatic heterocycles. The lowest BCUT2D eigenvalue weighted by molar-refractivity contribution is -0.138. The molecule has 5 nitrogen and oxygen atoms in total. The fourth-order valence-corrected chi connectivity index (χ4v) is 3.59. The molecule has 0 saturated carbocycles. The zero-order valence-electron chi connectivity index (χ0n) is 16.0. The van der Waals surface area contributed by atoms with Gasteiger partial charge in [0.2, 0.25) is 5.28 Å². The van der Waals surface area contributed by atoms with E-state index >= 15 is 0 Å². The minimum absolute atomic E-state index is 0.0928. The van der Waals surface area contributed by atoms with Crippen molar-refractivity contribution in [2.45, 2.75) is 19.6 Å². The van der Waals surface area contributed by atoms with Gasteiger partial charge in [0.15, 0.2) is 0 Å². The number of rotatable bonds is 3. The summed E-state index contributed by atoms with van der Waals surface area (Å²) >= 11 is 5.74. The largest absolute Gasteiger partial charge is 0.416 e. The van der Waals surface area contributed by atoms with E-state index in [0.29, 0.717) is 22.0 Å². The average molecular weight is 433 g/mol. The van der Waals surface area contributed by atoms with Gasteiger partial charge < -0.3 is 0 Å². The molecule has 0 saturated heterocycles. The van der Waals surface area contributed by atoms with Gasteiger partial charge >= 0.3 is 6.18 Å². The maximum Gasteiger partial charge on any atom is 0.416 e. The first-order valence-corrected chi connectivity index (χ1v) is 9.37. The van der Waals surface area contributed by atoms with Crippen LogP contribution in [0.15, 0.2) is 53.6 Å². The van der Waals surface area contributed by atoms with E-state index in [-0.39, 0.29) is 23.0 Å². The van der Waals surface area contributed by atoms with Crippen LogP contribution >= 0.6 is 11.6 Å². The number of fused-ring (bicyclic) bond motifs is 1. The van der Waals surface area contributed by atoms with Crippen LogP contribution in [0.25, 0.3) is 22.0 Å². The van der Waals surface area contributed by atoms with Crippen LogP contribution in [0.5, 0.6) is 0 Å². The molecule has 0 N–H and O–H groups in total. The standard InChI is InChI=1S/C21H16ClF3N4O/c1-12-3-6-17(21(23,24)25)14(7-12)11-29-18-8-13(15-9-26-20(22)27-10-15)4-5-16(18)19(30)28(29)2/h3-10H,11H2,1-2H3. The van der Waals surface area contributed by atoms with E-state index in [4.69, 9.17) is 11.6 Å². The van der Waals surface area contributed by atoms with Gasteiger partial charge in [0.1, 0.15) is 0 Å². The normalized spacial score (nSPS) is 11.9. The van der Waals surface area contributed by atoms with Crippen molar-refractivity contribution < 1.29 is 13.2 Å². The van der Waals surface area contributed by atoms with E-state index in [1.165, 1.54) is 23.9 Å². The third-order valence-electron chi connectivity index (χ3n) is 5.00. The second-order valence-electron chi connectivity index (χ2n) is 7.02. The van der Waals surface area contributed by atoms with Gasteiger partial charge in [-0.25, -0.2) is 9.97 Å². The highest BCUT2D eigenvalue weighted by Crippen LogP contribution is 2.33. The molecule has 0 atom stereocenters. The van der Waals surface area contributed by atoms with Crippen molar-refractivity contribution >= 4 is 22.5 Å². The van der Waals surface area contributed by atoms with Crippen LogP contribution in [0.2, 0.25) is 5.28 Å². The SMILES string of the molecule is Cc1ccc(C(F)(F)F)c(Cn2c3cc(-c4cnc(Cl)nc4)ccc3c(=O)n2C)c1. The first-order valence-electron chi connectivity index (χ1n) is 8.99. The van der Waals surface area contributed by atoms with Gasteiger partial charge in [-0.05, 0) is 47.9 Å². The molecule has 4 aromatic rings. The Kier molecular flexibility index (Phi) is 4.89. The fraction of sp³-hybridized carbons (Fsp3) is 0.190. The highest BCUT2D eigenvalue weighted by molar-refractivity contribution is 6.28. The van der Waals surface area contributed by atoms with Crippen molar-refractivity contribution in [3.05, 3.63) is 81.1 Å². The summed E-state index contributed by atoms with van der Waals surface area (Å²) in [5.41, 5.74) is 1.71. The Hall–Kier alpha value is -3.13. The number of nitrogens with zero attached hydrogens (tertiary/aromatic N) is 4. The zero-order valence-corrected chi connectivity index (χ0v) is 16.8. The van der Waals surface area contributed by atoms with Crippen LogP contribution in [0.1, 0.15) is 16.7 Å². The summed E-state index contributed by atoms with van der Waals surface area (Å²) in [5, 5.41) is 0.521. The number of hydrogen-bond donors (Lipinski definition) is 0. The summed E-state index contributed by atoms with van der Waals surface area (Å²) < 4.78 is 43.4. The Morgan fingerprint density at radius 3 is 2.40 bits per heavy atom. The van der Waals surface area contributed by atoms with Crippen LogP contribution < -0.4 is 5.56 Å². The summed E-state index contributed by atoms with van der Waals surface area (Å²) in [6.45, 7) is 1.63. The molecule has 154 valence electrons. The minimum Gasteiger partial charge on any atom is -0.278 e. The number of aryl methyl sites for hydroxylation is 1. The Morgan fingerprint density at radius 1 is 1.03 bits per heavy atom. The Labute approximate surface area is 174 Å². The number of aromatic nitrogens is 4. The molecule has 0 aliphatic carbocycles. The molecule has 4 rings (SSSR count). The van der Waals surface area contributed by atoms with Crippen LogP contribution in [0, 0.1) is 6.92 Å². The van der Waals surface area contributed by atoms with E-state index in [0.717, 1.165) is 11.6 Å². The van der Waals surface area contributed by atoms with Gasteiger partial charge in [0, 0.05) is 25.0 Å². The van der Waals surface area contributed by atoms with Gasteiger partial charge in [0.25, 0.3) is 5.56 Å². The number of halogens is 4. The number of alkyl halides is 3. The van der Waals surface area contributed by atoms with Crippen molar-refractivity contribution in [1.82, 2.24) is 19.3 Å². The predicted octanol–water partition coefficient (Wildman–Crippen LogP) is 4.83. The fourth-order valence-electron chi connectivity index (χ4n) is 3.49. The Balaban J connectivity index is 1.88. The number of benzene rings is 2. The molecular weight excluding hydrogens is 417 g/mol. The monoisotopic (exact) mass is 432 g/mol.